The first-order valence-electron chi connectivity index (χ1n) is 10.8. The van der Waals surface area contributed by atoms with E-state index >= 15 is 0 Å². The Labute approximate surface area is 177 Å². The average molecular weight is 407 g/mol. The van der Waals surface area contributed by atoms with Gasteiger partial charge in [-0.2, -0.15) is 0 Å². The summed E-state index contributed by atoms with van der Waals surface area (Å²) in [6.45, 7) is 9.58. The fourth-order valence-electron chi connectivity index (χ4n) is 4.05. The first kappa shape index (κ1) is 20.3. The Hall–Kier alpha value is -2.93. The number of nitrogens with one attached hydrogen (secondary N) is 1. The standard InChI is InChI=1S/C23H30N6O/c1-3-10-27-12-14-28(15-13-27)21(30)7-8-25-23-22(19-6-4-5-18(2)16-19)26-20-17-24-9-11-29(20)23/h4-6,9,11,16-17,25H,3,7-8,10,12-15H2,1-2H3. The monoisotopic (exact) mass is 406 g/mol. The van der Waals surface area contributed by atoms with Gasteiger partial charge in [0.2, 0.25) is 5.91 Å². The molecule has 1 aliphatic rings. The van der Waals surface area contributed by atoms with Crippen LogP contribution in [-0.4, -0.2) is 69.3 Å². The first-order chi connectivity index (χ1) is 14.7. The summed E-state index contributed by atoms with van der Waals surface area (Å²) in [5.41, 5.74) is 3.91. The predicted octanol–water partition coefficient (Wildman–Crippen LogP) is 3.06. The van der Waals surface area contributed by atoms with E-state index in [1.165, 1.54) is 5.56 Å². The third kappa shape index (κ3) is 4.46. The van der Waals surface area contributed by atoms with Gasteiger partial charge in [-0.05, 0) is 26.0 Å². The second kappa shape index (κ2) is 9.26. The quantitative estimate of drug-likeness (QED) is 0.653. The number of aromatic nitrogens is 3. The Morgan fingerprint density at radius 2 is 2.03 bits per heavy atom. The third-order valence-corrected chi connectivity index (χ3v) is 5.62. The number of imidazole rings is 1. The summed E-state index contributed by atoms with van der Waals surface area (Å²) >= 11 is 0. The van der Waals surface area contributed by atoms with Crippen LogP contribution in [0.15, 0.2) is 42.9 Å². The van der Waals surface area contributed by atoms with Crippen molar-refractivity contribution in [3.8, 4) is 11.3 Å². The zero-order valence-corrected chi connectivity index (χ0v) is 17.8. The summed E-state index contributed by atoms with van der Waals surface area (Å²) < 4.78 is 2.00. The molecule has 0 atom stereocenters. The zero-order chi connectivity index (χ0) is 20.9. The number of rotatable bonds is 7. The molecule has 3 aromatic rings. The molecule has 1 saturated heterocycles. The molecule has 0 saturated carbocycles. The van der Waals surface area contributed by atoms with Crippen LogP contribution in [0.4, 0.5) is 5.82 Å². The van der Waals surface area contributed by atoms with Gasteiger partial charge < -0.3 is 10.2 Å². The number of benzene rings is 1. The lowest BCUT2D eigenvalue weighted by Gasteiger charge is -2.34. The van der Waals surface area contributed by atoms with E-state index in [0.717, 1.165) is 61.9 Å². The van der Waals surface area contributed by atoms with Crippen LogP contribution in [0, 0.1) is 6.92 Å². The van der Waals surface area contributed by atoms with E-state index < -0.39 is 0 Å². The fraction of sp³-hybridized carbons (Fsp3) is 0.435. The Morgan fingerprint density at radius 1 is 1.20 bits per heavy atom. The van der Waals surface area contributed by atoms with Crippen LogP contribution in [0.1, 0.15) is 25.3 Å². The van der Waals surface area contributed by atoms with Crippen molar-refractivity contribution in [1.29, 1.82) is 0 Å². The summed E-state index contributed by atoms with van der Waals surface area (Å²) in [5.74, 6) is 1.12. The second-order valence-electron chi connectivity index (χ2n) is 7.88. The topological polar surface area (TPSA) is 65.8 Å². The smallest absolute Gasteiger partial charge is 0.224 e. The average Bonchev–Trinajstić information content (AvgIpc) is 3.13. The minimum atomic E-state index is 0.214. The number of carbonyl (C=O) groups excluding carboxylic acids is 1. The van der Waals surface area contributed by atoms with Crippen molar-refractivity contribution in [3.63, 3.8) is 0 Å². The van der Waals surface area contributed by atoms with Crippen molar-refractivity contribution in [3.05, 3.63) is 48.4 Å². The molecule has 0 bridgehead atoms. The predicted molar refractivity (Wildman–Crippen MR) is 120 cm³/mol. The molecule has 1 fully saturated rings. The highest BCUT2D eigenvalue weighted by Crippen LogP contribution is 2.29. The summed E-state index contributed by atoms with van der Waals surface area (Å²) in [6, 6.07) is 8.31. The number of hydrogen-bond acceptors (Lipinski definition) is 5. The van der Waals surface area contributed by atoms with Gasteiger partial charge in [0.05, 0.1) is 6.20 Å². The molecule has 7 heteroatoms. The largest absolute Gasteiger partial charge is 0.369 e. The summed E-state index contributed by atoms with van der Waals surface area (Å²) in [4.78, 5) is 26.1. The number of carbonyl (C=O) groups is 1. The fourth-order valence-corrected chi connectivity index (χ4v) is 4.05. The van der Waals surface area contributed by atoms with Gasteiger partial charge in [-0.3, -0.25) is 19.1 Å². The van der Waals surface area contributed by atoms with Gasteiger partial charge in [0, 0.05) is 57.1 Å². The van der Waals surface area contributed by atoms with Crippen LogP contribution in [0.3, 0.4) is 0 Å². The number of fused-ring (bicyclic) bond motifs is 1. The van der Waals surface area contributed by atoms with Gasteiger partial charge in [0.1, 0.15) is 11.5 Å². The molecule has 2 aromatic heterocycles. The molecular weight excluding hydrogens is 376 g/mol. The molecule has 1 amide bonds. The van der Waals surface area contributed by atoms with Crippen molar-refractivity contribution >= 4 is 17.4 Å². The maximum absolute atomic E-state index is 12.7. The molecule has 0 spiro atoms. The van der Waals surface area contributed by atoms with Crippen LogP contribution < -0.4 is 5.32 Å². The normalized spacial score (nSPS) is 14.9. The molecule has 1 aliphatic heterocycles. The Bertz CT molecular complexity index is 1010. The van der Waals surface area contributed by atoms with Crippen LogP contribution in [-0.2, 0) is 4.79 Å². The van der Waals surface area contributed by atoms with Crippen molar-refractivity contribution in [1.82, 2.24) is 24.2 Å². The van der Waals surface area contributed by atoms with Gasteiger partial charge in [-0.15, -0.1) is 0 Å². The van der Waals surface area contributed by atoms with Crippen molar-refractivity contribution in [2.45, 2.75) is 26.7 Å². The van der Waals surface area contributed by atoms with E-state index in [-0.39, 0.29) is 5.91 Å². The molecule has 1 aromatic carbocycles. The van der Waals surface area contributed by atoms with Crippen molar-refractivity contribution in [2.75, 3.05) is 44.6 Å². The molecule has 158 valence electrons. The number of anilines is 1. The van der Waals surface area contributed by atoms with Gasteiger partial charge in [0.25, 0.3) is 0 Å². The van der Waals surface area contributed by atoms with Crippen LogP contribution in [0.2, 0.25) is 0 Å². The van der Waals surface area contributed by atoms with E-state index in [9.17, 15) is 4.79 Å². The van der Waals surface area contributed by atoms with E-state index in [1.54, 1.807) is 12.4 Å². The van der Waals surface area contributed by atoms with Gasteiger partial charge in [-0.25, -0.2) is 4.98 Å². The van der Waals surface area contributed by atoms with Gasteiger partial charge in [-0.1, -0.05) is 30.7 Å². The molecule has 0 unspecified atom stereocenters. The lowest BCUT2D eigenvalue weighted by molar-refractivity contribution is -0.132. The molecule has 7 nitrogen and oxygen atoms in total. The van der Waals surface area contributed by atoms with E-state index in [2.05, 4.69) is 47.2 Å². The van der Waals surface area contributed by atoms with E-state index in [4.69, 9.17) is 4.98 Å². The molecule has 1 N–H and O–H groups in total. The summed E-state index contributed by atoms with van der Waals surface area (Å²) in [5, 5.41) is 3.47. The van der Waals surface area contributed by atoms with Crippen LogP contribution in [0.25, 0.3) is 16.9 Å². The number of amides is 1. The highest BCUT2D eigenvalue weighted by atomic mass is 16.2. The zero-order valence-electron chi connectivity index (χ0n) is 17.8. The maximum Gasteiger partial charge on any atom is 0.224 e. The van der Waals surface area contributed by atoms with Crippen molar-refractivity contribution in [2.24, 2.45) is 0 Å². The number of nitrogens with zero attached hydrogens (tertiary/aromatic N) is 5. The minimum Gasteiger partial charge on any atom is -0.369 e. The second-order valence-corrected chi connectivity index (χ2v) is 7.88. The van der Waals surface area contributed by atoms with Crippen molar-refractivity contribution < 1.29 is 4.79 Å². The third-order valence-electron chi connectivity index (χ3n) is 5.62. The molecule has 4 rings (SSSR count). The Kier molecular flexibility index (Phi) is 6.28. The molecule has 30 heavy (non-hydrogen) atoms. The van der Waals surface area contributed by atoms with Crippen LogP contribution >= 0.6 is 0 Å². The van der Waals surface area contributed by atoms with E-state index in [1.807, 2.05) is 21.6 Å². The summed E-state index contributed by atoms with van der Waals surface area (Å²) in [6.07, 6.45) is 7.04. The van der Waals surface area contributed by atoms with Crippen LogP contribution in [0.5, 0.6) is 0 Å². The first-order valence-corrected chi connectivity index (χ1v) is 10.8. The minimum absolute atomic E-state index is 0.214. The highest BCUT2D eigenvalue weighted by molar-refractivity contribution is 5.79. The molecular formula is C23H30N6O. The Morgan fingerprint density at radius 3 is 2.80 bits per heavy atom. The SMILES string of the molecule is CCCN1CCN(C(=O)CCNc2c(-c3cccc(C)c3)nc3cnccn23)CC1. The summed E-state index contributed by atoms with van der Waals surface area (Å²) in [7, 11) is 0. The lowest BCUT2D eigenvalue weighted by atomic mass is 10.1. The highest BCUT2D eigenvalue weighted by Gasteiger charge is 2.21. The Balaban J connectivity index is 1.44. The molecule has 0 aliphatic carbocycles. The molecule has 3 heterocycles. The number of piperazine rings is 1. The van der Waals surface area contributed by atoms with E-state index in [0.29, 0.717) is 13.0 Å². The lowest BCUT2D eigenvalue weighted by Crippen LogP contribution is -2.49. The molecule has 0 radical (unpaired) electrons. The number of aryl methyl sites for hydroxylation is 1. The van der Waals surface area contributed by atoms with Gasteiger partial charge >= 0.3 is 0 Å². The van der Waals surface area contributed by atoms with Gasteiger partial charge in [0.15, 0.2) is 5.65 Å². The number of hydrogen-bond donors (Lipinski definition) is 1. The maximum atomic E-state index is 12.7.